The predicted molar refractivity (Wildman–Crippen MR) is 91.3 cm³/mol. The van der Waals surface area contributed by atoms with E-state index < -0.39 is 0 Å². The van der Waals surface area contributed by atoms with Gasteiger partial charge in [-0.2, -0.15) is 0 Å². The number of hydrogen-bond donors (Lipinski definition) is 1. The predicted octanol–water partition coefficient (Wildman–Crippen LogP) is 4.70. The highest BCUT2D eigenvalue weighted by Crippen LogP contribution is 2.42. The molecule has 1 unspecified atom stereocenters. The number of fused-ring (bicyclic) bond motifs is 1. The number of ether oxygens (including phenoxy) is 1. The van der Waals surface area contributed by atoms with Gasteiger partial charge in [0.1, 0.15) is 11.4 Å². The Balaban J connectivity index is 1.88. The lowest BCUT2D eigenvalue weighted by molar-refractivity contribution is 0.0647. The van der Waals surface area contributed by atoms with Crippen molar-refractivity contribution in [1.82, 2.24) is 5.32 Å². The molecule has 0 amide bonds. The van der Waals surface area contributed by atoms with Gasteiger partial charge < -0.3 is 10.1 Å². The minimum absolute atomic E-state index is 0.138. The topological polar surface area (TPSA) is 21.3 Å². The summed E-state index contributed by atoms with van der Waals surface area (Å²) in [7, 11) is 0. The van der Waals surface area contributed by atoms with Crippen LogP contribution in [0.5, 0.6) is 5.75 Å². The second-order valence-corrected chi connectivity index (χ2v) is 6.99. The molecule has 0 saturated carbocycles. The molecule has 1 atom stereocenters. The van der Waals surface area contributed by atoms with Gasteiger partial charge in [-0.1, -0.05) is 48.0 Å². The van der Waals surface area contributed by atoms with Gasteiger partial charge in [0, 0.05) is 24.6 Å². The van der Waals surface area contributed by atoms with E-state index in [4.69, 9.17) is 4.74 Å². The fourth-order valence-electron chi connectivity index (χ4n) is 3.32. The van der Waals surface area contributed by atoms with Gasteiger partial charge in [-0.3, -0.25) is 0 Å². The quantitative estimate of drug-likeness (QED) is 0.886. The van der Waals surface area contributed by atoms with Crippen molar-refractivity contribution in [2.75, 3.05) is 0 Å². The van der Waals surface area contributed by atoms with E-state index in [2.05, 4.69) is 75.5 Å². The Morgan fingerprint density at radius 2 is 1.86 bits per heavy atom. The Kier molecular flexibility index (Phi) is 3.96. The summed E-state index contributed by atoms with van der Waals surface area (Å²) < 4.78 is 6.25. The van der Waals surface area contributed by atoms with Crippen molar-refractivity contribution in [2.24, 2.45) is 0 Å². The minimum Gasteiger partial charge on any atom is -0.487 e. The molecule has 1 aliphatic rings. The maximum Gasteiger partial charge on any atom is 0.127 e. The molecule has 1 aliphatic heterocycles. The van der Waals surface area contributed by atoms with Gasteiger partial charge in [-0.05, 0) is 38.8 Å². The normalized spacial score (nSPS) is 19.4. The molecular weight excluding hydrogens is 270 g/mol. The maximum absolute atomic E-state index is 6.25. The molecule has 2 heteroatoms. The molecule has 0 fully saturated rings. The average Bonchev–Trinajstić information content (AvgIpc) is 2.46. The monoisotopic (exact) mass is 295 g/mol. The first-order valence-corrected chi connectivity index (χ1v) is 8.02. The van der Waals surface area contributed by atoms with Gasteiger partial charge in [0.2, 0.25) is 0 Å². The van der Waals surface area contributed by atoms with Gasteiger partial charge in [0.05, 0.1) is 0 Å². The highest BCUT2D eigenvalue weighted by atomic mass is 16.5. The molecule has 2 nitrogen and oxygen atoms in total. The van der Waals surface area contributed by atoms with E-state index >= 15 is 0 Å². The van der Waals surface area contributed by atoms with E-state index in [1.807, 2.05) is 0 Å². The van der Waals surface area contributed by atoms with Crippen LogP contribution in [0.4, 0.5) is 0 Å². The summed E-state index contributed by atoms with van der Waals surface area (Å²) in [5.41, 5.74) is 5.01. The Hall–Kier alpha value is -1.80. The molecule has 0 saturated heterocycles. The van der Waals surface area contributed by atoms with Crippen molar-refractivity contribution >= 4 is 0 Å². The van der Waals surface area contributed by atoms with E-state index in [-0.39, 0.29) is 5.60 Å². The third-order valence-electron chi connectivity index (χ3n) is 4.29. The van der Waals surface area contributed by atoms with Crippen molar-refractivity contribution in [3.05, 3.63) is 64.7 Å². The third kappa shape index (κ3) is 3.17. The maximum atomic E-state index is 6.25. The first-order chi connectivity index (χ1) is 10.4. The fraction of sp³-hybridized carbons (Fsp3) is 0.400. The lowest BCUT2D eigenvalue weighted by atomic mass is 9.87. The summed E-state index contributed by atoms with van der Waals surface area (Å²) >= 11 is 0. The molecule has 0 aromatic heterocycles. The van der Waals surface area contributed by atoms with Crippen LogP contribution in [0.2, 0.25) is 0 Å². The molecule has 1 N–H and O–H groups in total. The van der Waals surface area contributed by atoms with Crippen molar-refractivity contribution in [2.45, 2.75) is 52.3 Å². The number of benzene rings is 2. The Labute approximate surface area is 133 Å². The Morgan fingerprint density at radius 1 is 1.14 bits per heavy atom. The zero-order valence-corrected chi connectivity index (χ0v) is 13.9. The first-order valence-electron chi connectivity index (χ1n) is 8.02. The molecular formula is C20H25NO. The van der Waals surface area contributed by atoms with Crippen LogP contribution in [-0.2, 0) is 6.54 Å². The number of hydrogen-bond acceptors (Lipinski definition) is 2. The van der Waals surface area contributed by atoms with Crippen LogP contribution in [0.3, 0.4) is 0 Å². The van der Waals surface area contributed by atoms with E-state index in [1.54, 1.807) is 0 Å². The summed E-state index contributed by atoms with van der Waals surface area (Å²) in [5, 5.41) is 3.72. The Morgan fingerprint density at radius 3 is 2.59 bits per heavy atom. The van der Waals surface area contributed by atoms with Gasteiger partial charge in [0.15, 0.2) is 0 Å². The number of aryl methyl sites for hydroxylation is 2. The molecule has 2 aromatic carbocycles. The number of rotatable bonds is 3. The van der Waals surface area contributed by atoms with Crippen LogP contribution in [0, 0.1) is 13.8 Å². The molecule has 3 rings (SSSR count). The van der Waals surface area contributed by atoms with Gasteiger partial charge in [-0.25, -0.2) is 0 Å². The summed E-state index contributed by atoms with van der Waals surface area (Å²) in [6.45, 7) is 9.52. The summed E-state index contributed by atoms with van der Waals surface area (Å²) in [6, 6.07) is 15.4. The second-order valence-electron chi connectivity index (χ2n) is 6.99. The third-order valence-corrected chi connectivity index (χ3v) is 4.29. The van der Waals surface area contributed by atoms with Gasteiger partial charge in [0.25, 0.3) is 0 Å². The molecule has 116 valence electrons. The average molecular weight is 295 g/mol. The minimum atomic E-state index is -0.138. The van der Waals surface area contributed by atoms with Crippen molar-refractivity contribution in [3.8, 4) is 5.75 Å². The number of nitrogens with one attached hydrogen (secondary N) is 1. The summed E-state index contributed by atoms with van der Waals surface area (Å²) in [4.78, 5) is 0. The first kappa shape index (κ1) is 15.1. The van der Waals surface area contributed by atoms with Crippen molar-refractivity contribution in [1.29, 1.82) is 0 Å². The van der Waals surface area contributed by atoms with Gasteiger partial charge in [-0.15, -0.1) is 0 Å². The molecule has 0 radical (unpaired) electrons. The molecule has 2 aromatic rings. The largest absolute Gasteiger partial charge is 0.487 e. The summed E-state index contributed by atoms with van der Waals surface area (Å²) in [5.74, 6) is 1.06. The van der Waals surface area contributed by atoms with Gasteiger partial charge >= 0.3 is 0 Å². The second kappa shape index (κ2) is 5.77. The van der Waals surface area contributed by atoms with Crippen LogP contribution in [0.1, 0.15) is 48.6 Å². The lowest BCUT2D eigenvalue weighted by Gasteiger charge is -2.39. The highest BCUT2D eigenvalue weighted by molar-refractivity contribution is 5.47. The smallest absolute Gasteiger partial charge is 0.127 e. The molecule has 0 bridgehead atoms. The van der Waals surface area contributed by atoms with Crippen molar-refractivity contribution < 1.29 is 4.74 Å². The van der Waals surface area contributed by atoms with E-state index in [0.29, 0.717) is 6.04 Å². The zero-order chi connectivity index (χ0) is 15.7. The molecule has 1 heterocycles. The lowest BCUT2D eigenvalue weighted by Crippen LogP contribution is -2.39. The zero-order valence-electron chi connectivity index (χ0n) is 13.9. The van der Waals surface area contributed by atoms with Crippen LogP contribution in [0.25, 0.3) is 0 Å². The van der Waals surface area contributed by atoms with Crippen LogP contribution in [0.15, 0.2) is 42.5 Å². The molecule has 0 spiro atoms. The standard InChI is InChI=1S/C20H25NO/c1-14-10-15(2)19-17(11-14)18(12-20(3,4)22-19)21-13-16-8-6-5-7-9-16/h5-11,18,21H,12-13H2,1-4H3. The molecule has 22 heavy (non-hydrogen) atoms. The highest BCUT2D eigenvalue weighted by Gasteiger charge is 2.34. The summed E-state index contributed by atoms with van der Waals surface area (Å²) in [6.07, 6.45) is 0.982. The SMILES string of the molecule is Cc1cc(C)c2c(c1)C(NCc1ccccc1)CC(C)(C)O2. The Bertz CT molecular complexity index is 661. The molecule has 0 aliphatic carbocycles. The van der Waals surface area contributed by atoms with E-state index in [1.165, 1.54) is 22.3 Å². The van der Waals surface area contributed by atoms with E-state index in [9.17, 15) is 0 Å². The van der Waals surface area contributed by atoms with Crippen LogP contribution in [-0.4, -0.2) is 5.60 Å². The fourth-order valence-corrected chi connectivity index (χ4v) is 3.32. The van der Waals surface area contributed by atoms with Crippen LogP contribution >= 0.6 is 0 Å². The van der Waals surface area contributed by atoms with Crippen molar-refractivity contribution in [3.63, 3.8) is 0 Å². The van der Waals surface area contributed by atoms with Crippen LogP contribution < -0.4 is 10.1 Å². The van der Waals surface area contributed by atoms with E-state index in [0.717, 1.165) is 18.7 Å².